The molecule has 3 heteroatoms. The normalized spacial score (nSPS) is 15.5. The van der Waals surface area contributed by atoms with E-state index in [0.29, 0.717) is 0 Å². The molecule has 2 aliphatic rings. The molecule has 0 spiro atoms. The van der Waals surface area contributed by atoms with Crippen LogP contribution in [0.2, 0.25) is 0 Å². The summed E-state index contributed by atoms with van der Waals surface area (Å²) in [4.78, 5) is 2.39. The average molecular weight is 351 g/mol. The molecule has 26 heavy (non-hydrogen) atoms. The Morgan fingerprint density at radius 1 is 1.15 bits per heavy atom. The lowest BCUT2D eigenvalue weighted by molar-refractivity contribution is 0.269. The smallest absolute Gasteiger partial charge is 0.164 e. The van der Waals surface area contributed by atoms with Crippen molar-refractivity contribution in [2.24, 2.45) is 0 Å². The minimum atomic E-state index is 0.785. The van der Waals surface area contributed by atoms with Crippen molar-refractivity contribution in [3.05, 3.63) is 39.9 Å². The van der Waals surface area contributed by atoms with E-state index in [9.17, 15) is 0 Å². The number of aryl methyl sites for hydroxylation is 1. The van der Waals surface area contributed by atoms with Crippen LogP contribution in [0.5, 0.6) is 11.5 Å². The Labute approximate surface area is 156 Å². The summed E-state index contributed by atoms with van der Waals surface area (Å²) in [5, 5.41) is 0. The van der Waals surface area contributed by atoms with Gasteiger partial charge < -0.3 is 14.4 Å². The number of benzene rings is 2. The van der Waals surface area contributed by atoms with Crippen LogP contribution in [0.15, 0.2) is 12.1 Å². The highest BCUT2D eigenvalue weighted by molar-refractivity contribution is 5.84. The van der Waals surface area contributed by atoms with E-state index >= 15 is 0 Å². The molecule has 0 bridgehead atoms. The Hall–Kier alpha value is -2.16. The first-order valence-corrected chi connectivity index (χ1v) is 9.76. The number of rotatable bonds is 3. The third-order valence-corrected chi connectivity index (χ3v) is 6.14. The summed E-state index contributed by atoms with van der Waals surface area (Å²) >= 11 is 0. The van der Waals surface area contributed by atoms with E-state index in [1.807, 2.05) is 0 Å². The predicted octanol–water partition coefficient (Wildman–Crippen LogP) is 4.86. The molecule has 0 saturated carbocycles. The molecule has 0 amide bonds. The van der Waals surface area contributed by atoms with Gasteiger partial charge in [-0.2, -0.15) is 0 Å². The maximum Gasteiger partial charge on any atom is 0.164 e. The zero-order valence-electron chi connectivity index (χ0n) is 16.7. The highest BCUT2D eigenvalue weighted by Gasteiger charge is 2.27. The number of nitrogens with zero attached hydrogens (tertiary/aromatic N) is 1. The summed E-state index contributed by atoms with van der Waals surface area (Å²) in [6.07, 6.45) is 4.31. The Balaban J connectivity index is 2.04. The molecule has 2 aromatic rings. The Bertz CT molecular complexity index is 869. The second-order valence-electron chi connectivity index (χ2n) is 7.58. The van der Waals surface area contributed by atoms with Crippen molar-refractivity contribution >= 4 is 5.69 Å². The Morgan fingerprint density at radius 2 is 1.96 bits per heavy atom. The van der Waals surface area contributed by atoms with Gasteiger partial charge in [0.2, 0.25) is 0 Å². The number of hydrogen-bond acceptors (Lipinski definition) is 3. The molecule has 0 saturated heterocycles. The standard InChI is InChI=1S/C23H29NO2/c1-6-16-14(2)12-20-18(9-10-24(20)4)22(16)19-13-21(25-5)23-17(15(19)3)8-7-11-26-23/h12-13H,6-11H2,1-5H3. The van der Waals surface area contributed by atoms with E-state index in [4.69, 9.17) is 9.47 Å². The molecule has 0 radical (unpaired) electrons. The Morgan fingerprint density at radius 3 is 2.69 bits per heavy atom. The van der Waals surface area contributed by atoms with Crippen LogP contribution in [0.3, 0.4) is 0 Å². The molecule has 3 nitrogen and oxygen atoms in total. The van der Waals surface area contributed by atoms with Gasteiger partial charge in [-0.05, 0) is 85.0 Å². The first kappa shape index (κ1) is 17.3. The van der Waals surface area contributed by atoms with Gasteiger partial charge in [0.15, 0.2) is 11.5 Å². The van der Waals surface area contributed by atoms with Crippen molar-refractivity contribution in [1.82, 2.24) is 0 Å². The fourth-order valence-electron chi connectivity index (χ4n) is 4.74. The molecular formula is C23H29NO2. The average Bonchev–Trinajstić information content (AvgIpc) is 3.02. The Kier molecular flexibility index (Phi) is 4.34. The van der Waals surface area contributed by atoms with Crippen LogP contribution in [0.4, 0.5) is 5.69 Å². The lowest BCUT2D eigenvalue weighted by Crippen LogP contribution is -2.13. The van der Waals surface area contributed by atoms with Crippen LogP contribution in [-0.2, 0) is 19.3 Å². The van der Waals surface area contributed by atoms with Crippen molar-refractivity contribution < 1.29 is 9.47 Å². The van der Waals surface area contributed by atoms with Crippen molar-refractivity contribution in [2.45, 2.75) is 46.5 Å². The quantitative estimate of drug-likeness (QED) is 0.788. The van der Waals surface area contributed by atoms with E-state index < -0.39 is 0 Å². The minimum absolute atomic E-state index is 0.785. The van der Waals surface area contributed by atoms with Crippen LogP contribution in [-0.4, -0.2) is 27.3 Å². The molecule has 138 valence electrons. The van der Waals surface area contributed by atoms with Crippen LogP contribution < -0.4 is 14.4 Å². The molecule has 2 aliphatic heterocycles. The summed E-state index contributed by atoms with van der Waals surface area (Å²) in [6.45, 7) is 8.66. The first-order chi connectivity index (χ1) is 12.6. The number of methoxy groups -OCH3 is 1. The fraction of sp³-hybridized carbons (Fsp3) is 0.478. The van der Waals surface area contributed by atoms with Gasteiger partial charge in [-0.3, -0.25) is 0 Å². The van der Waals surface area contributed by atoms with Gasteiger partial charge in [0.25, 0.3) is 0 Å². The van der Waals surface area contributed by atoms with Gasteiger partial charge in [-0.15, -0.1) is 0 Å². The van der Waals surface area contributed by atoms with E-state index in [1.165, 1.54) is 44.6 Å². The summed E-state index contributed by atoms with van der Waals surface area (Å²) < 4.78 is 11.7. The van der Waals surface area contributed by atoms with Crippen molar-refractivity contribution in [2.75, 3.05) is 32.2 Å². The molecule has 0 atom stereocenters. The van der Waals surface area contributed by atoms with Gasteiger partial charge in [0.05, 0.1) is 13.7 Å². The van der Waals surface area contributed by atoms with E-state index in [0.717, 1.165) is 50.3 Å². The van der Waals surface area contributed by atoms with Crippen LogP contribution in [0.1, 0.15) is 41.2 Å². The van der Waals surface area contributed by atoms with Gasteiger partial charge in [-0.25, -0.2) is 0 Å². The summed E-state index contributed by atoms with van der Waals surface area (Å²) in [6, 6.07) is 4.59. The largest absolute Gasteiger partial charge is 0.493 e. The third-order valence-electron chi connectivity index (χ3n) is 6.14. The van der Waals surface area contributed by atoms with Crippen LogP contribution in [0, 0.1) is 13.8 Å². The summed E-state index contributed by atoms with van der Waals surface area (Å²) in [7, 11) is 3.96. The molecule has 2 heterocycles. The number of ether oxygens (including phenoxy) is 2. The van der Waals surface area contributed by atoms with Gasteiger partial charge in [0.1, 0.15) is 0 Å². The number of anilines is 1. The van der Waals surface area contributed by atoms with Crippen LogP contribution >= 0.6 is 0 Å². The fourth-order valence-corrected chi connectivity index (χ4v) is 4.74. The zero-order valence-corrected chi connectivity index (χ0v) is 16.7. The molecule has 4 rings (SSSR count). The van der Waals surface area contributed by atoms with Gasteiger partial charge in [0, 0.05) is 24.8 Å². The molecule has 0 aromatic heterocycles. The minimum Gasteiger partial charge on any atom is -0.493 e. The number of hydrogen-bond donors (Lipinski definition) is 0. The van der Waals surface area contributed by atoms with Crippen molar-refractivity contribution in [3.63, 3.8) is 0 Å². The first-order valence-electron chi connectivity index (χ1n) is 9.76. The molecule has 0 unspecified atom stereocenters. The summed E-state index contributed by atoms with van der Waals surface area (Å²) in [5.74, 6) is 1.84. The lowest BCUT2D eigenvalue weighted by atomic mass is 9.84. The zero-order chi connectivity index (χ0) is 18.4. The van der Waals surface area contributed by atoms with Gasteiger partial charge in [-0.1, -0.05) is 6.92 Å². The molecule has 0 aliphatic carbocycles. The third kappa shape index (κ3) is 2.48. The number of likely N-dealkylation sites (N-methyl/N-ethyl adjacent to an activating group) is 1. The van der Waals surface area contributed by atoms with Crippen molar-refractivity contribution in [1.29, 1.82) is 0 Å². The van der Waals surface area contributed by atoms with E-state index in [1.54, 1.807) is 7.11 Å². The maximum atomic E-state index is 5.97. The highest BCUT2D eigenvalue weighted by Crippen LogP contribution is 2.47. The second kappa shape index (κ2) is 6.53. The van der Waals surface area contributed by atoms with Gasteiger partial charge >= 0.3 is 0 Å². The molecule has 0 fully saturated rings. The monoisotopic (exact) mass is 351 g/mol. The molecule has 0 N–H and O–H groups in total. The highest BCUT2D eigenvalue weighted by atomic mass is 16.5. The topological polar surface area (TPSA) is 21.7 Å². The summed E-state index contributed by atoms with van der Waals surface area (Å²) in [5.41, 5.74) is 11.2. The molecular weight excluding hydrogens is 322 g/mol. The number of fused-ring (bicyclic) bond motifs is 2. The lowest BCUT2D eigenvalue weighted by Gasteiger charge is -2.26. The SMILES string of the molecule is CCc1c(C)cc2c(c1-c1cc(OC)c3c(c1C)CCCO3)CCN2C. The molecule has 2 aromatic carbocycles. The maximum absolute atomic E-state index is 5.97. The predicted molar refractivity (Wildman–Crippen MR) is 108 cm³/mol. The second-order valence-corrected chi connectivity index (χ2v) is 7.58. The van der Waals surface area contributed by atoms with Crippen LogP contribution in [0.25, 0.3) is 11.1 Å². The van der Waals surface area contributed by atoms with E-state index in [-0.39, 0.29) is 0 Å². The van der Waals surface area contributed by atoms with Crippen molar-refractivity contribution in [3.8, 4) is 22.6 Å². The van der Waals surface area contributed by atoms with E-state index in [2.05, 4.69) is 44.9 Å².